The Morgan fingerprint density at radius 3 is 2.91 bits per heavy atom. The van der Waals surface area contributed by atoms with E-state index in [2.05, 4.69) is 19.1 Å². The molecule has 0 heterocycles. The van der Waals surface area contributed by atoms with Crippen LogP contribution in [0.15, 0.2) is 34.9 Å². The zero-order valence-electron chi connectivity index (χ0n) is 13.5. The smallest absolute Gasteiger partial charge is 0.156 e. The third-order valence-corrected chi connectivity index (χ3v) is 6.62. The van der Waals surface area contributed by atoms with Crippen LogP contribution in [-0.4, -0.2) is 17.0 Å². The minimum atomic E-state index is -0.162. The molecule has 0 aromatic carbocycles. The molecule has 2 nitrogen and oxygen atoms in total. The Bertz CT molecular complexity index is 595. The molecular formula is C20H26O2. The molecule has 4 rings (SSSR count). The van der Waals surface area contributed by atoms with Crippen LogP contribution < -0.4 is 0 Å². The van der Waals surface area contributed by atoms with E-state index in [1.54, 1.807) is 0 Å². The molecule has 0 aromatic heterocycles. The van der Waals surface area contributed by atoms with Gasteiger partial charge in [-0.2, -0.15) is 0 Å². The van der Waals surface area contributed by atoms with Crippen LogP contribution >= 0.6 is 0 Å². The molecule has 1 saturated carbocycles. The van der Waals surface area contributed by atoms with Crippen molar-refractivity contribution >= 4 is 5.78 Å². The van der Waals surface area contributed by atoms with Crippen molar-refractivity contribution in [3.05, 3.63) is 34.9 Å². The van der Waals surface area contributed by atoms with Crippen LogP contribution in [0.2, 0.25) is 0 Å². The van der Waals surface area contributed by atoms with Crippen LogP contribution in [0.4, 0.5) is 0 Å². The van der Waals surface area contributed by atoms with Crippen molar-refractivity contribution in [3.8, 4) is 0 Å². The SMILES string of the molecule is CCC[C@]12C=CC3=C4CCC(=O)C=C4CC[C@H]3[C@@H]1CC[C@@H]2O. The predicted octanol–water partition coefficient (Wildman–Crippen LogP) is 4.11. The van der Waals surface area contributed by atoms with Crippen LogP contribution in [0, 0.1) is 17.3 Å². The zero-order valence-corrected chi connectivity index (χ0v) is 13.5. The van der Waals surface area contributed by atoms with E-state index in [0.717, 1.165) is 44.9 Å². The maximum atomic E-state index is 11.7. The summed E-state index contributed by atoms with van der Waals surface area (Å²) in [7, 11) is 0. The number of carbonyl (C=O) groups excluding carboxylic acids is 1. The number of hydrogen-bond acceptors (Lipinski definition) is 2. The van der Waals surface area contributed by atoms with Crippen molar-refractivity contribution in [2.45, 2.75) is 64.4 Å². The van der Waals surface area contributed by atoms with Gasteiger partial charge in [-0.25, -0.2) is 0 Å². The summed E-state index contributed by atoms with van der Waals surface area (Å²) in [5.74, 6) is 1.51. The largest absolute Gasteiger partial charge is 0.392 e. The summed E-state index contributed by atoms with van der Waals surface area (Å²) in [5, 5.41) is 10.6. The summed E-state index contributed by atoms with van der Waals surface area (Å²) in [6.07, 6.45) is 14.6. The lowest BCUT2D eigenvalue weighted by Gasteiger charge is -2.46. The Hall–Kier alpha value is -1.15. The number of ketones is 1. The van der Waals surface area contributed by atoms with Gasteiger partial charge in [-0.1, -0.05) is 25.5 Å². The van der Waals surface area contributed by atoms with Gasteiger partial charge in [0.1, 0.15) is 0 Å². The molecule has 4 aliphatic carbocycles. The number of aliphatic hydroxyl groups is 1. The fourth-order valence-electron chi connectivity index (χ4n) is 5.69. The number of aliphatic hydroxyl groups excluding tert-OH is 1. The summed E-state index contributed by atoms with van der Waals surface area (Å²) < 4.78 is 0. The van der Waals surface area contributed by atoms with E-state index >= 15 is 0 Å². The van der Waals surface area contributed by atoms with Crippen molar-refractivity contribution in [2.75, 3.05) is 0 Å². The number of hydrogen-bond donors (Lipinski definition) is 1. The third kappa shape index (κ3) is 1.93. The summed E-state index contributed by atoms with van der Waals surface area (Å²) in [4.78, 5) is 11.7. The Morgan fingerprint density at radius 2 is 2.09 bits per heavy atom. The predicted molar refractivity (Wildman–Crippen MR) is 87.3 cm³/mol. The molecule has 0 spiro atoms. The molecule has 4 atom stereocenters. The first-order chi connectivity index (χ1) is 10.7. The molecule has 4 aliphatic rings. The molecule has 0 unspecified atom stereocenters. The molecule has 1 N–H and O–H groups in total. The minimum Gasteiger partial charge on any atom is -0.392 e. The van der Waals surface area contributed by atoms with Gasteiger partial charge in [-0.3, -0.25) is 4.79 Å². The molecule has 0 saturated heterocycles. The molecule has 0 aliphatic heterocycles. The first kappa shape index (κ1) is 14.4. The lowest BCUT2D eigenvalue weighted by Crippen LogP contribution is -2.41. The van der Waals surface area contributed by atoms with Crippen LogP contribution in [0.25, 0.3) is 0 Å². The lowest BCUT2D eigenvalue weighted by atomic mass is 9.58. The van der Waals surface area contributed by atoms with Gasteiger partial charge in [0.25, 0.3) is 0 Å². The quantitative estimate of drug-likeness (QED) is 0.833. The monoisotopic (exact) mass is 298 g/mol. The van der Waals surface area contributed by atoms with Crippen molar-refractivity contribution in [1.29, 1.82) is 0 Å². The third-order valence-electron chi connectivity index (χ3n) is 6.62. The van der Waals surface area contributed by atoms with Crippen LogP contribution in [0.3, 0.4) is 0 Å². The van der Waals surface area contributed by atoms with Crippen molar-refractivity contribution < 1.29 is 9.90 Å². The highest BCUT2D eigenvalue weighted by atomic mass is 16.3. The Kier molecular flexibility index (Phi) is 3.41. The van der Waals surface area contributed by atoms with Crippen LogP contribution in [-0.2, 0) is 4.79 Å². The van der Waals surface area contributed by atoms with E-state index in [4.69, 9.17) is 0 Å². The fourth-order valence-corrected chi connectivity index (χ4v) is 5.69. The van der Waals surface area contributed by atoms with Gasteiger partial charge in [0, 0.05) is 11.8 Å². The first-order valence-electron chi connectivity index (χ1n) is 9.00. The van der Waals surface area contributed by atoms with E-state index in [0.29, 0.717) is 24.0 Å². The summed E-state index contributed by atoms with van der Waals surface area (Å²) in [6, 6.07) is 0. The maximum Gasteiger partial charge on any atom is 0.156 e. The Balaban J connectivity index is 1.79. The molecule has 0 amide bonds. The van der Waals surface area contributed by atoms with Crippen molar-refractivity contribution in [1.82, 2.24) is 0 Å². The topological polar surface area (TPSA) is 37.3 Å². The zero-order chi connectivity index (χ0) is 15.3. The van der Waals surface area contributed by atoms with E-state index in [9.17, 15) is 9.90 Å². The molecule has 0 radical (unpaired) electrons. The standard InChI is InChI=1S/C20H26O2/c1-2-10-20-11-9-16-15-6-4-14(21)12-13(15)3-5-17(16)18(20)7-8-19(20)22/h9,11-12,17-19,22H,2-8,10H2,1H3/t17-,18+,19+,20+/m1/s1. The second-order valence-electron chi connectivity index (χ2n) is 7.61. The van der Waals surface area contributed by atoms with Crippen LogP contribution in [0.5, 0.6) is 0 Å². The first-order valence-corrected chi connectivity index (χ1v) is 9.00. The van der Waals surface area contributed by atoms with E-state index < -0.39 is 0 Å². The average Bonchev–Trinajstić information content (AvgIpc) is 2.84. The van der Waals surface area contributed by atoms with Crippen molar-refractivity contribution in [2.24, 2.45) is 17.3 Å². The molecular weight excluding hydrogens is 272 g/mol. The Labute approximate surface area is 133 Å². The molecule has 2 heteroatoms. The van der Waals surface area contributed by atoms with Gasteiger partial charge in [0.05, 0.1) is 6.10 Å². The molecule has 0 aromatic rings. The van der Waals surface area contributed by atoms with Gasteiger partial charge in [0.2, 0.25) is 0 Å². The van der Waals surface area contributed by atoms with Gasteiger partial charge in [-0.15, -0.1) is 0 Å². The lowest BCUT2D eigenvalue weighted by molar-refractivity contribution is -0.114. The van der Waals surface area contributed by atoms with E-state index in [-0.39, 0.29) is 11.5 Å². The van der Waals surface area contributed by atoms with Gasteiger partial charge < -0.3 is 5.11 Å². The average molecular weight is 298 g/mol. The number of allylic oxidation sites excluding steroid dienone is 5. The molecule has 22 heavy (non-hydrogen) atoms. The van der Waals surface area contributed by atoms with Crippen molar-refractivity contribution in [3.63, 3.8) is 0 Å². The van der Waals surface area contributed by atoms with Gasteiger partial charge in [-0.05, 0) is 73.2 Å². The highest BCUT2D eigenvalue weighted by Crippen LogP contribution is 2.59. The van der Waals surface area contributed by atoms with E-state index in [1.165, 1.54) is 16.7 Å². The second-order valence-corrected chi connectivity index (χ2v) is 7.61. The normalized spacial score (nSPS) is 40.2. The molecule has 0 bridgehead atoms. The fraction of sp³-hybridized carbons (Fsp3) is 0.650. The molecule has 118 valence electrons. The van der Waals surface area contributed by atoms with Gasteiger partial charge >= 0.3 is 0 Å². The number of rotatable bonds is 2. The summed E-state index contributed by atoms with van der Waals surface area (Å²) >= 11 is 0. The molecule has 1 fully saturated rings. The maximum absolute atomic E-state index is 11.7. The summed E-state index contributed by atoms with van der Waals surface area (Å²) in [6.45, 7) is 2.23. The van der Waals surface area contributed by atoms with Crippen LogP contribution in [0.1, 0.15) is 58.3 Å². The second kappa shape index (κ2) is 5.19. The number of fused-ring (bicyclic) bond motifs is 4. The highest BCUT2D eigenvalue weighted by Gasteiger charge is 2.53. The number of carbonyl (C=O) groups is 1. The summed E-state index contributed by atoms with van der Waals surface area (Å²) in [5.41, 5.74) is 4.28. The highest BCUT2D eigenvalue weighted by molar-refractivity contribution is 5.93. The Morgan fingerprint density at radius 1 is 1.23 bits per heavy atom. The van der Waals surface area contributed by atoms with E-state index in [1.807, 2.05) is 6.08 Å². The van der Waals surface area contributed by atoms with Gasteiger partial charge in [0.15, 0.2) is 5.78 Å². The minimum absolute atomic E-state index is 0.0230.